The van der Waals surface area contributed by atoms with Crippen molar-refractivity contribution < 1.29 is 4.79 Å². The zero-order valence-corrected chi connectivity index (χ0v) is 18.4. The summed E-state index contributed by atoms with van der Waals surface area (Å²) in [7, 11) is 0. The van der Waals surface area contributed by atoms with Crippen LogP contribution in [0.5, 0.6) is 0 Å². The molecule has 0 bridgehead atoms. The third-order valence-electron chi connectivity index (χ3n) is 5.18. The van der Waals surface area contributed by atoms with Gasteiger partial charge in [-0.15, -0.1) is 28.1 Å². The van der Waals surface area contributed by atoms with E-state index in [4.69, 9.17) is 0 Å². The number of nitrogens with one attached hydrogen (secondary N) is 1. The van der Waals surface area contributed by atoms with Gasteiger partial charge in [-0.25, -0.2) is 4.98 Å². The third kappa shape index (κ3) is 4.99. The summed E-state index contributed by atoms with van der Waals surface area (Å²) in [6.45, 7) is 4.53. The number of benzene rings is 1. The molecule has 156 valence electrons. The number of rotatable bonds is 8. The lowest BCUT2D eigenvalue weighted by molar-refractivity contribution is -0.113. The second-order valence-corrected chi connectivity index (χ2v) is 9.12. The van der Waals surface area contributed by atoms with Crippen LogP contribution < -0.4 is 5.32 Å². The first-order chi connectivity index (χ1) is 14.7. The fourth-order valence-electron chi connectivity index (χ4n) is 3.73. The lowest BCUT2D eigenvalue weighted by Crippen LogP contribution is -2.15. The third-order valence-corrected chi connectivity index (χ3v) is 6.90. The molecule has 1 fully saturated rings. The minimum Gasteiger partial charge on any atom is -0.302 e. The van der Waals surface area contributed by atoms with E-state index in [0.717, 1.165) is 35.1 Å². The molecule has 1 amide bonds. The summed E-state index contributed by atoms with van der Waals surface area (Å²) in [5, 5.41) is 15.1. The van der Waals surface area contributed by atoms with Gasteiger partial charge in [-0.3, -0.25) is 4.79 Å². The van der Waals surface area contributed by atoms with Crippen molar-refractivity contribution in [3.63, 3.8) is 0 Å². The van der Waals surface area contributed by atoms with Crippen molar-refractivity contribution >= 4 is 34.1 Å². The molecular weight excluding hydrogens is 414 g/mol. The first kappa shape index (κ1) is 20.8. The maximum absolute atomic E-state index is 12.5. The van der Waals surface area contributed by atoms with Crippen molar-refractivity contribution in [1.29, 1.82) is 0 Å². The molecule has 0 unspecified atom stereocenters. The maximum atomic E-state index is 12.5. The van der Waals surface area contributed by atoms with E-state index in [1.807, 2.05) is 41.8 Å². The molecule has 1 aliphatic rings. The van der Waals surface area contributed by atoms with E-state index in [2.05, 4.69) is 31.6 Å². The number of allylic oxidation sites excluding steroid dienone is 1. The molecule has 1 aliphatic carbocycles. The van der Waals surface area contributed by atoms with Crippen LogP contribution in [0.4, 0.5) is 5.13 Å². The zero-order chi connectivity index (χ0) is 20.8. The number of carbonyl (C=O) groups is 1. The van der Waals surface area contributed by atoms with E-state index in [1.54, 1.807) is 0 Å². The number of hydrogen-bond acceptors (Lipinski definition) is 6. The van der Waals surface area contributed by atoms with Crippen LogP contribution in [0.2, 0.25) is 0 Å². The molecule has 2 aromatic heterocycles. The average Bonchev–Trinajstić information content (AvgIpc) is 3.41. The highest BCUT2D eigenvalue weighted by atomic mass is 32.2. The van der Waals surface area contributed by atoms with Gasteiger partial charge in [-0.2, -0.15) is 0 Å². The van der Waals surface area contributed by atoms with Gasteiger partial charge < -0.3 is 9.88 Å². The van der Waals surface area contributed by atoms with E-state index < -0.39 is 0 Å². The molecular formula is C22H25N5OS2. The molecule has 0 atom stereocenters. The molecule has 0 radical (unpaired) electrons. The highest BCUT2D eigenvalue weighted by Crippen LogP contribution is 2.33. The molecule has 2 heterocycles. The van der Waals surface area contributed by atoms with Crippen molar-refractivity contribution in [3.05, 3.63) is 54.2 Å². The van der Waals surface area contributed by atoms with Gasteiger partial charge in [0.25, 0.3) is 0 Å². The van der Waals surface area contributed by atoms with Gasteiger partial charge in [0.05, 0.1) is 11.4 Å². The quantitative estimate of drug-likeness (QED) is 0.377. The van der Waals surface area contributed by atoms with Crippen LogP contribution in [-0.4, -0.2) is 31.4 Å². The van der Waals surface area contributed by atoms with Crippen molar-refractivity contribution in [2.75, 3.05) is 11.1 Å². The minimum atomic E-state index is -0.0960. The van der Waals surface area contributed by atoms with Crippen molar-refractivity contribution in [1.82, 2.24) is 19.7 Å². The fraction of sp³-hybridized carbons (Fsp3) is 0.364. The van der Waals surface area contributed by atoms with E-state index >= 15 is 0 Å². The Labute approximate surface area is 184 Å². The first-order valence-electron chi connectivity index (χ1n) is 10.2. The number of nitrogens with zero attached hydrogens (tertiary/aromatic N) is 4. The number of hydrogen-bond donors (Lipinski definition) is 1. The SMILES string of the molecule is C=CCn1c(SCC(=O)Nc2nc(-c3ccccc3)cs2)nnc1C1CCCCC1. The summed E-state index contributed by atoms with van der Waals surface area (Å²) in [6, 6.07) is 9.94. The second-order valence-electron chi connectivity index (χ2n) is 7.32. The maximum Gasteiger partial charge on any atom is 0.236 e. The van der Waals surface area contributed by atoms with Crippen LogP contribution >= 0.6 is 23.1 Å². The molecule has 1 N–H and O–H groups in total. The number of anilines is 1. The Morgan fingerprint density at radius 2 is 2.03 bits per heavy atom. The fourth-order valence-corrected chi connectivity index (χ4v) is 5.22. The van der Waals surface area contributed by atoms with Gasteiger partial charge in [0.15, 0.2) is 10.3 Å². The first-order valence-corrected chi connectivity index (χ1v) is 12.1. The molecule has 3 aromatic rings. The van der Waals surface area contributed by atoms with Gasteiger partial charge >= 0.3 is 0 Å². The van der Waals surface area contributed by atoms with Gasteiger partial charge in [0, 0.05) is 23.4 Å². The standard InChI is InChI=1S/C22H25N5OS2/c1-2-13-27-20(17-11-7-4-8-12-17)25-26-22(27)30-15-19(28)24-21-23-18(14-29-21)16-9-5-3-6-10-16/h2-3,5-6,9-10,14,17H,1,4,7-8,11-13,15H2,(H,23,24,28). The van der Waals surface area contributed by atoms with Crippen LogP contribution in [-0.2, 0) is 11.3 Å². The van der Waals surface area contributed by atoms with E-state index in [9.17, 15) is 4.79 Å². The largest absolute Gasteiger partial charge is 0.302 e. The van der Waals surface area contributed by atoms with E-state index in [-0.39, 0.29) is 11.7 Å². The average molecular weight is 440 g/mol. The highest BCUT2D eigenvalue weighted by molar-refractivity contribution is 7.99. The molecule has 4 rings (SSSR count). The van der Waals surface area contributed by atoms with Gasteiger partial charge in [0.1, 0.15) is 5.82 Å². The van der Waals surface area contributed by atoms with Crippen molar-refractivity contribution in [2.24, 2.45) is 0 Å². The molecule has 0 aliphatic heterocycles. The topological polar surface area (TPSA) is 72.7 Å². The van der Waals surface area contributed by atoms with Crippen LogP contribution in [0.3, 0.4) is 0 Å². The Kier molecular flexibility index (Phi) is 6.96. The normalized spacial score (nSPS) is 14.5. The lowest BCUT2D eigenvalue weighted by atomic mass is 9.89. The molecule has 1 aromatic carbocycles. The van der Waals surface area contributed by atoms with Crippen molar-refractivity contribution in [3.8, 4) is 11.3 Å². The molecule has 6 nitrogen and oxygen atoms in total. The predicted molar refractivity (Wildman–Crippen MR) is 123 cm³/mol. The Morgan fingerprint density at radius 3 is 2.80 bits per heavy atom. The van der Waals surface area contributed by atoms with Crippen LogP contribution in [0.25, 0.3) is 11.3 Å². The van der Waals surface area contributed by atoms with Crippen molar-refractivity contribution in [2.45, 2.75) is 49.7 Å². The Balaban J connectivity index is 1.37. The summed E-state index contributed by atoms with van der Waals surface area (Å²) < 4.78 is 2.11. The molecule has 0 spiro atoms. The minimum absolute atomic E-state index is 0.0960. The summed E-state index contributed by atoms with van der Waals surface area (Å²) in [5.74, 6) is 1.66. The predicted octanol–water partition coefficient (Wildman–Crippen LogP) is 5.37. The summed E-state index contributed by atoms with van der Waals surface area (Å²) in [4.78, 5) is 17.0. The lowest BCUT2D eigenvalue weighted by Gasteiger charge is -2.21. The van der Waals surface area contributed by atoms with Gasteiger partial charge in [-0.05, 0) is 12.8 Å². The second kappa shape index (κ2) is 10.0. The molecule has 8 heteroatoms. The number of thiazole rings is 1. The smallest absolute Gasteiger partial charge is 0.236 e. The highest BCUT2D eigenvalue weighted by Gasteiger charge is 2.23. The molecule has 30 heavy (non-hydrogen) atoms. The number of thioether (sulfide) groups is 1. The Morgan fingerprint density at radius 1 is 1.23 bits per heavy atom. The number of carbonyl (C=O) groups excluding carboxylic acids is 1. The van der Waals surface area contributed by atoms with Crippen LogP contribution in [0.15, 0.2) is 53.5 Å². The summed E-state index contributed by atoms with van der Waals surface area (Å²) in [5.41, 5.74) is 1.91. The van der Waals surface area contributed by atoms with Gasteiger partial charge in [-0.1, -0.05) is 67.4 Å². The molecule has 0 saturated heterocycles. The summed E-state index contributed by atoms with van der Waals surface area (Å²) >= 11 is 2.84. The van der Waals surface area contributed by atoms with E-state index in [0.29, 0.717) is 17.6 Å². The zero-order valence-electron chi connectivity index (χ0n) is 16.8. The molecule has 1 saturated carbocycles. The number of aromatic nitrogens is 4. The van der Waals surface area contributed by atoms with Crippen LogP contribution in [0, 0.1) is 0 Å². The Hall–Kier alpha value is -2.45. The number of amides is 1. The van der Waals surface area contributed by atoms with Gasteiger partial charge in [0.2, 0.25) is 5.91 Å². The summed E-state index contributed by atoms with van der Waals surface area (Å²) in [6.07, 6.45) is 7.98. The monoisotopic (exact) mass is 439 g/mol. The Bertz CT molecular complexity index is 992. The van der Waals surface area contributed by atoms with E-state index in [1.165, 1.54) is 42.4 Å². The van der Waals surface area contributed by atoms with Crippen LogP contribution in [0.1, 0.15) is 43.8 Å².